The Hall–Kier alpha value is -2.23. The number of nitrogens with zero attached hydrogens (tertiary/aromatic N) is 2. The van der Waals surface area contributed by atoms with Gasteiger partial charge in [0.05, 0.1) is 0 Å². The van der Waals surface area contributed by atoms with Crippen molar-refractivity contribution in [1.82, 2.24) is 9.97 Å². The number of para-hydroxylation sites is 1. The zero-order chi connectivity index (χ0) is 10.5. The van der Waals surface area contributed by atoms with E-state index in [2.05, 4.69) is 9.97 Å². The van der Waals surface area contributed by atoms with E-state index in [9.17, 15) is 4.79 Å². The Labute approximate surface area is 86.6 Å². The van der Waals surface area contributed by atoms with Crippen LogP contribution in [0.4, 0.5) is 0 Å². The maximum atomic E-state index is 11.5. The highest BCUT2D eigenvalue weighted by Crippen LogP contribution is 2.09. The van der Waals surface area contributed by atoms with E-state index in [-0.39, 0.29) is 5.82 Å². The fraction of sp³-hybridized carbons (Fsp3) is 0. The van der Waals surface area contributed by atoms with Crippen molar-refractivity contribution in [3.63, 3.8) is 0 Å². The average molecular weight is 200 g/mol. The Morgan fingerprint density at radius 1 is 1.00 bits per heavy atom. The van der Waals surface area contributed by atoms with Crippen LogP contribution in [0, 0.1) is 0 Å². The van der Waals surface area contributed by atoms with E-state index in [1.807, 2.05) is 6.07 Å². The molecule has 0 spiro atoms. The summed E-state index contributed by atoms with van der Waals surface area (Å²) in [7, 11) is 0. The molecule has 1 aromatic heterocycles. The van der Waals surface area contributed by atoms with Crippen molar-refractivity contribution in [2.45, 2.75) is 0 Å². The molecular formula is C11H8N2O2. The van der Waals surface area contributed by atoms with Crippen LogP contribution in [0.3, 0.4) is 0 Å². The van der Waals surface area contributed by atoms with Crippen molar-refractivity contribution < 1.29 is 9.53 Å². The molecule has 4 heteroatoms. The fourth-order valence-electron chi connectivity index (χ4n) is 1.05. The monoisotopic (exact) mass is 200 g/mol. The Morgan fingerprint density at radius 3 is 2.33 bits per heavy atom. The molecule has 0 saturated carbocycles. The van der Waals surface area contributed by atoms with E-state index in [4.69, 9.17) is 4.74 Å². The van der Waals surface area contributed by atoms with E-state index in [1.54, 1.807) is 30.3 Å². The number of ether oxygens (including phenoxy) is 1. The molecular weight excluding hydrogens is 192 g/mol. The largest absolute Gasteiger partial charge is 0.421 e. The molecule has 2 aromatic rings. The molecule has 1 heterocycles. The van der Waals surface area contributed by atoms with Crippen LogP contribution in [-0.2, 0) is 0 Å². The Balaban J connectivity index is 2.12. The minimum Gasteiger partial charge on any atom is -0.421 e. The number of hydrogen-bond donors (Lipinski definition) is 0. The quantitative estimate of drug-likeness (QED) is 0.546. The van der Waals surface area contributed by atoms with E-state index in [0.29, 0.717) is 5.75 Å². The van der Waals surface area contributed by atoms with Gasteiger partial charge < -0.3 is 4.74 Å². The van der Waals surface area contributed by atoms with Crippen LogP contribution in [0.1, 0.15) is 10.6 Å². The summed E-state index contributed by atoms with van der Waals surface area (Å²) >= 11 is 0. The van der Waals surface area contributed by atoms with Crippen molar-refractivity contribution in [1.29, 1.82) is 0 Å². The van der Waals surface area contributed by atoms with E-state index < -0.39 is 5.97 Å². The number of hydrogen-bond acceptors (Lipinski definition) is 4. The predicted octanol–water partition coefficient (Wildman–Crippen LogP) is 1.70. The standard InChI is InChI=1S/C11H8N2O2/c14-11(10-12-7-4-8-13-10)15-9-5-2-1-3-6-9/h1-8H. The maximum absolute atomic E-state index is 11.5. The molecule has 0 bridgehead atoms. The summed E-state index contributed by atoms with van der Waals surface area (Å²) in [6.45, 7) is 0. The fourth-order valence-corrected chi connectivity index (χ4v) is 1.05. The molecule has 0 aliphatic rings. The zero-order valence-corrected chi connectivity index (χ0v) is 7.83. The molecule has 74 valence electrons. The normalized spacial score (nSPS) is 9.60. The molecule has 0 saturated heterocycles. The Morgan fingerprint density at radius 2 is 1.67 bits per heavy atom. The van der Waals surface area contributed by atoms with Gasteiger partial charge in [0.2, 0.25) is 5.82 Å². The van der Waals surface area contributed by atoms with Gasteiger partial charge in [0.15, 0.2) is 0 Å². The summed E-state index contributed by atoms with van der Waals surface area (Å²) in [6.07, 6.45) is 2.99. The third-order valence-electron chi connectivity index (χ3n) is 1.70. The third kappa shape index (κ3) is 2.37. The lowest BCUT2D eigenvalue weighted by atomic mass is 10.3. The van der Waals surface area contributed by atoms with Gasteiger partial charge in [0.1, 0.15) is 5.75 Å². The van der Waals surface area contributed by atoms with Crippen LogP contribution in [-0.4, -0.2) is 15.9 Å². The van der Waals surface area contributed by atoms with Gasteiger partial charge in [0, 0.05) is 12.4 Å². The molecule has 15 heavy (non-hydrogen) atoms. The number of esters is 1. The Kier molecular flexibility index (Phi) is 2.69. The average Bonchev–Trinajstić information content (AvgIpc) is 2.31. The molecule has 0 radical (unpaired) electrons. The minimum atomic E-state index is -0.554. The first-order valence-corrected chi connectivity index (χ1v) is 4.40. The molecule has 0 atom stereocenters. The first kappa shape index (κ1) is 9.33. The highest BCUT2D eigenvalue weighted by atomic mass is 16.5. The van der Waals surface area contributed by atoms with Gasteiger partial charge in [-0.15, -0.1) is 0 Å². The van der Waals surface area contributed by atoms with Crippen LogP contribution in [0.25, 0.3) is 0 Å². The zero-order valence-electron chi connectivity index (χ0n) is 7.83. The smallest absolute Gasteiger partial charge is 0.381 e. The van der Waals surface area contributed by atoms with Crippen molar-refractivity contribution in [3.8, 4) is 5.75 Å². The topological polar surface area (TPSA) is 52.1 Å². The van der Waals surface area contributed by atoms with Gasteiger partial charge >= 0.3 is 5.97 Å². The molecule has 0 aliphatic carbocycles. The molecule has 0 aliphatic heterocycles. The number of aromatic nitrogens is 2. The van der Waals surface area contributed by atoms with E-state index >= 15 is 0 Å². The summed E-state index contributed by atoms with van der Waals surface area (Å²) < 4.78 is 5.04. The lowest BCUT2D eigenvalue weighted by Crippen LogP contribution is -2.12. The molecule has 2 rings (SSSR count). The van der Waals surface area contributed by atoms with Crippen LogP contribution < -0.4 is 4.74 Å². The summed E-state index contributed by atoms with van der Waals surface area (Å²) in [5.74, 6) is -0.0156. The molecule has 0 amide bonds. The van der Waals surface area contributed by atoms with Gasteiger partial charge in [-0.1, -0.05) is 18.2 Å². The van der Waals surface area contributed by atoms with Crippen molar-refractivity contribution in [3.05, 3.63) is 54.6 Å². The first-order chi connectivity index (χ1) is 7.36. The Bertz CT molecular complexity index is 443. The lowest BCUT2D eigenvalue weighted by molar-refractivity contribution is 0.0722. The van der Waals surface area contributed by atoms with E-state index in [0.717, 1.165) is 0 Å². The van der Waals surface area contributed by atoms with Gasteiger partial charge in [-0.3, -0.25) is 0 Å². The maximum Gasteiger partial charge on any atom is 0.381 e. The molecule has 1 aromatic carbocycles. The van der Waals surface area contributed by atoms with Crippen molar-refractivity contribution in [2.24, 2.45) is 0 Å². The summed E-state index contributed by atoms with van der Waals surface area (Å²) in [4.78, 5) is 19.0. The molecule has 0 N–H and O–H groups in total. The van der Waals surface area contributed by atoms with Crippen molar-refractivity contribution in [2.75, 3.05) is 0 Å². The molecule has 0 fully saturated rings. The summed E-state index contributed by atoms with van der Waals surface area (Å²) in [5.41, 5.74) is 0. The number of benzene rings is 1. The SMILES string of the molecule is O=C(Oc1ccccc1)c1ncccn1. The minimum absolute atomic E-state index is 0.0568. The van der Waals surface area contributed by atoms with Crippen LogP contribution >= 0.6 is 0 Å². The highest BCUT2D eigenvalue weighted by Gasteiger charge is 2.10. The number of carbonyl (C=O) groups is 1. The second kappa shape index (κ2) is 4.32. The van der Waals surface area contributed by atoms with Gasteiger partial charge in [-0.2, -0.15) is 0 Å². The summed E-state index contributed by atoms with van der Waals surface area (Å²) in [5, 5.41) is 0. The van der Waals surface area contributed by atoms with Crippen LogP contribution in [0.15, 0.2) is 48.8 Å². The van der Waals surface area contributed by atoms with Crippen LogP contribution in [0.5, 0.6) is 5.75 Å². The number of rotatable bonds is 2. The lowest BCUT2D eigenvalue weighted by Gasteiger charge is -2.01. The second-order valence-electron chi connectivity index (χ2n) is 2.77. The highest BCUT2D eigenvalue weighted by molar-refractivity contribution is 5.86. The molecule has 4 nitrogen and oxygen atoms in total. The van der Waals surface area contributed by atoms with Crippen LogP contribution in [0.2, 0.25) is 0 Å². The molecule has 0 unspecified atom stereocenters. The van der Waals surface area contributed by atoms with Gasteiger partial charge in [-0.25, -0.2) is 14.8 Å². The second-order valence-corrected chi connectivity index (χ2v) is 2.77. The summed E-state index contributed by atoms with van der Waals surface area (Å²) in [6, 6.07) is 10.4. The predicted molar refractivity (Wildman–Crippen MR) is 53.4 cm³/mol. The number of carbonyl (C=O) groups excluding carboxylic acids is 1. The third-order valence-corrected chi connectivity index (χ3v) is 1.70. The van der Waals surface area contributed by atoms with Gasteiger partial charge in [-0.05, 0) is 18.2 Å². The van der Waals surface area contributed by atoms with Gasteiger partial charge in [0.25, 0.3) is 0 Å². The van der Waals surface area contributed by atoms with E-state index in [1.165, 1.54) is 12.4 Å². The van der Waals surface area contributed by atoms with Crippen molar-refractivity contribution >= 4 is 5.97 Å². The first-order valence-electron chi connectivity index (χ1n) is 4.40.